The lowest BCUT2D eigenvalue weighted by Crippen LogP contribution is -2.35. The minimum atomic E-state index is -0.752. The maximum absolute atomic E-state index is 11.9. The van der Waals surface area contributed by atoms with Gasteiger partial charge in [0.2, 0.25) is 0 Å². The highest BCUT2D eigenvalue weighted by Gasteiger charge is 2.15. The number of aryl methyl sites for hydroxylation is 1. The normalized spacial score (nSPS) is 10.1. The lowest BCUT2D eigenvalue weighted by atomic mass is 10.2. The van der Waals surface area contributed by atoms with E-state index in [0.717, 1.165) is 11.1 Å². The van der Waals surface area contributed by atoms with E-state index in [-0.39, 0.29) is 6.54 Å². The molecule has 2 amide bonds. The highest BCUT2D eigenvalue weighted by Crippen LogP contribution is 2.20. The Kier molecular flexibility index (Phi) is 5.41. The number of benzene rings is 2. The van der Waals surface area contributed by atoms with Gasteiger partial charge >= 0.3 is 11.8 Å². The fourth-order valence-corrected chi connectivity index (χ4v) is 2.18. The Bertz CT molecular complexity index is 717. The fraction of sp³-hybridized carbons (Fsp3) is 0.125. The van der Waals surface area contributed by atoms with E-state index in [9.17, 15) is 9.59 Å². The van der Waals surface area contributed by atoms with E-state index >= 15 is 0 Å². The highest BCUT2D eigenvalue weighted by molar-refractivity contribution is 6.40. The Morgan fingerprint density at radius 3 is 2.50 bits per heavy atom. The zero-order valence-electron chi connectivity index (χ0n) is 11.8. The van der Waals surface area contributed by atoms with Gasteiger partial charge < -0.3 is 10.6 Å². The molecule has 0 saturated carbocycles. The van der Waals surface area contributed by atoms with Gasteiger partial charge in [-0.25, -0.2) is 0 Å². The molecular weight excluding hydrogens is 323 g/mol. The lowest BCUT2D eigenvalue weighted by molar-refractivity contribution is -0.136. The Morgan fingerprint density at radius 1 is 1.05 bits per heavy atom. The van der Waals surface area contributed by atoms with Gasteiger partial charge in [-0.05, 0) is 36.2 Å². The molecule has 0 fully saturated rings. The van der Waals surface area contributed by atoms with Crippen molar-refractivity contribution >= 4 is 40.7 Å². The van der Waals surface area contributed by atoms with Crippen LogP contribution in [0.4, 0.5) is 5.69 Å². The van der Waals surface area contributed by atoms with Crippen LogP contribution in [0, 0.1) is 6.92 Å². The van der Waals surface area contributed by atoms with Crippen LogP contribution < -0.4 is 10.6 Å². The number of carbonyl (C=O) groups is 2. The van der Waals surface area contributed by atoms with Crippen molar-refractivity contribution in [3.63, 3.8) is 0 Å². The smallest absolute Gasteiger partial charge is 0.313 e. The second-order valence-corrected chi connectivity index (χ2v) is 5.53. The first kappa shape index (κ1) is 16.3. The minimum Gasteiger partial charge on any atom is -0.344 e. The van der Waals surface area contributed by atoms with Crippen LogP contribution in [0.3, 0.4) is 0 Å². The summed E-state index contributed by atoms with van der Waals surface area (Å²) in [7, 11) is 0. The van der Waals surface area contributed by atoms with E-state index < -0.39 is 11.8 Å². The number of nitrogens with one attached hydrogen (secondary N) is 2. The fourth-order valence-electron chi connectivity index (χ4n) is 1.81. The molecule has 0 aromatic heterocycles. The summed E-state index contributed by atoms with van der Waals surface area (Å²) in [6, 6.07) is 12.2. The molecule has 2 aromatic rings. The Morgan fingerprint density at radius 2 is 1.77 bits per heavy atom. The number of amides is 2. The molecule has 0 spiro atoms. The van der Waals surface area contributed by atoms with E-state index in [2.05, 4.69) is 10.6 Å². The first-order chi connectivity index (χ1) is 10.5. The van der Waals surface area contributed by atoms with Crippen LogP contribution in [0.15, 0.2) is 42.5 Å². The van der Waals surface area contributed by atoms with E-state index in [0.29, 0.717) is 15.7 Å². The van der Waals surface area contributed by atoms with Crippen LogP contribution in [0.5, 0.6) is 0 Å². The average molecular weight is 337 g/mol. The van der Waals surface area contributed by atoms with Crippen LogP contribution in [0.2, 0.25) is 10.0 Å². The van der Waals surface area contributed by atoms with Crippen LogP contribution in [0.25, 0.3) is 0 Å². The topological polar surface area (TPSA) is 58.2 Å². The summed E-state index contributed by atoms with van der Waals surface area (Å²) in [5, 5.41) is 6.08. The van der Waals surface area contributed by atoms with Crippen molar-refractivity contribution in [2.75, 3.05) is 5.32 Å². The maximum Gasteiger partial charge on any atom is 0.313 e. The van der Waals surface area contributed by atoms with Crippen molar-refractivity contribution in [2.45, 2.75) is 13.5 Å². The van der Waals surface area contributed by atoms with Gasteiger partial charge in [0.25, 0.3) is 0 Å². The molecule has 0 saturated heterocycles. The molecule has 0 aliphatic rings. The Hall–Kier alpha value is -2.04. The number of hydrogen-bond donors (Lipinski definition) is 2. The van der Waals surface area contributed by atoms with Crippen molar-refractivity contribution in [3.05, 3.63) is 63.6 Å². The van der Waals surface area contributed by atoms with Gasteiger partial charge in [0, 0.05) is 22.3 Å². The monoisotopic (exact) mass is 336 g/mol. The van der Waals surface area contributed by atoms with Crippen molar-refractivity contribution in [2.24, 2.45) is 0 Å². The third kappa shape index (κ3) is 4.23. The van der Waals surface area contributed by atoms with E-state index in [4.69, 9.17) is 23.2 Å². The van der Waals surface area contributed by atoms with Gasteiger partial charge in [0.1, 0.15) is 0 Å². The van der Waals surface area contributed by atoms with Crippen LogP contribution in [-0.4, -0.2) is 11.8 Å². The number of rotatable bonds is 3. The highest BCUT2D eigenvalue weighted by atomic mass is 35.5. The van der Waals surface area contributed by atoms with E-state index in [1.54, 1.807) is 36.4 Å². The second kappa shape index (κ2) is 7.29. The molecule has 4 nitrogen and oxygen atoms in total. The largest absolute Gasteiger partial charge is 0.344 e. The quantitative estimate of drug-likeness (QED) is 0.842. The molecule has 0 heterocycles. The Labute approximate surface area is 138 Å². The molecule has 2 N–H and O–H groups in total. The maximum atomic E-state index is 11.9. The molecule has 2 rings (SSSR count). The predicted molar refractivity (Wildman–Crippen MR) is 88.1 cm³/mol. The summed E-state index contributed by atoms with van der Waals surface area (Å²) >= 11 is 11.9. The van der Waals surface area contributed by atoms with Gasteiger partial charge in [-0.3, -0.25) is 9.59 Å². The summed E-state index contributed by atoms with van der Waals surface area (Å²) < 4.78 is 0. The van der Waals surface area contributed by atoms with Crippen LogP contribution in [0.1, 0.15) is 11.1 Å². The van der Waals surface area contributed by atoms with Gasteiger partial charge in [0.15, 0.2) is 0 Å². The van der Waals surface area contributed by atoms with E-state index in [1.807, 2.05) is 13.0 Å². The molecule has 0 aliphatic heterocycles. The average Bonchev–Trinajstić information content (AvgIpc) is 2.49. The number of hydrogen-bond acceptors (Lipinski definition) is 2. The van der Waals surface area contributed by atoms with Crippen LogP contribution >= 0.6 is 23.2 Å². The summed E-state index contributed by atoms with van der Waals surface area (Å²) in [5.41, 5.74) is 2.06. The van der Waals surface area contributed by atoms with Crippen molar-refractivity contribution in [1.29, 1.82) is 0 Å². The van der Waals surface area contributed by atoms with Crippen LogP contribution in [-0.2, 0) is 16.1 Å². The molecule has 0 radical (unpaired) electrons. The molecule has 114 valence electrons. The van der Waals surface area contributed by atoms with Gasteiger partial charge in [-0.2, -0.15) is 0 Å². The molecule has 22 heavy (non-hydrogen) atoms. The van der Waals surface area contributed by atoms with Gasteiger partial charge in [-0.15, -0.1) is 0 Å². The summed E-state index contributed by atoms with van der Waals surface area (Å²) in [6.07, 6.45) is 0. The second-order valence-electron chi connectivity index (χ2n) is 4.69. The Balaban J connectivity index is 1.97. The van der Waals surface area contributed by atoms with Gasteiger partial charge in [0.05, 0.1) is 0 Å². The first-order valence-corrected chi connectivity index (χ1v) is 7.31. The number of halogens is 2. The zero-order valence-corrected chi connectivity index (χ0v) is 13.3. The molecule has 0 aliphatic carbocycles. The summed E-state index contributed by atoms with van der Waals surface area (Å²) in [5.74, 6) is -1.49. The van der Waals surface area contributed by atoms with E-state index in [1.165, 1.54) is 0 Å². The molecule has 6 heteroatoms. The minimum absolute atomic E-state index is 0.181. The molecule has 2 aromatic carbocycles. The third-order valence-corrected chi connectivity index (χ3v) is 3.66. The van der Waals surface area contributed by atoms with Gasteiger partial charge in [-0.1, -0.05) is 47.5 Å². The first-order valence-electron chi connectivity index (χ1n) is 6.56. The lowest BCUT2D eigenvalue weighted by Gasteiger charge is -2.09. The summed E-state index contributed by atoms with van der Waals surface area (Å²) in [6.45, 7) is 1.99. The molecular formula is C16H14Cl2N2O2. The van der Waals surface area contributed by atoms with Crippen molar-refractivity contribution in [3.8, 4) is 0 Å². The molecule has 0 atom stereocenters. The molecule has 0 bridgehead atoms. The molecule has 0 unspecified atom stereocenters. The third-order valence-electron chi connectivity index (χ3n) is 3.05. The standard InChI is InChI=1S/C16H14Cl2N2O2/c1-10-6-7-12(17)8-14(10)20-16(22)15(21)19-9-11-4-2-3-5-13(11)18/h2-8H,9H2,1H3,(H,19,21)(H,20,22). The predicted octanol–water partition coefficient (Wildman–Crippen LogP) is 3.56. The van der Waals surface area contributed by atoms with Crippen molar-refractivity contribution < 1.29 is 9.59 Å². The number of carbonyl (C=O) groups excluding carboxylic acids is 2. The van der Waals surface area contributed by atoms with Crippen molar-refractivity contribution in [1.82, 2.24) is 5.32 Å². The summed E-state index contributed by atoms with van der Waals surface area (Å²) in [4.78, 5) is 23.7. The zero-order chi connectivity index (χ0) is 16.1. The SMILES string of the molecule is Cc1ccc(Cl)cc1NC(=O)C(=O)NCc1ccccc1Cl. The number of anilines is 1.